The average Bonchev–Trinajstić information content (AvgIpc) is 2.89. The summed E-state index contributed by atoms with van der Waals surface area (Å²) in [5.74, 6) is 0.250. The number of sulfonamides is 1. The largest absolute Gasteiger partial charge is 0.466 e. The molecule has 1 amide bonds. The summed E-state index contributed by atoms with van der Waals surface area (Å²) >= 11 is 0. The van der Waals surface area contributed by atoms with Gasteiger partial charge in [0.25, 0.3) is 0 Å². The van der Waals surface area contributed by atoms with Gasteiger partial charge in [0.05, 0.1) is 12.3 Å². The van der Waals surface area contributed by atoms with Crippen molar-refractivity contribution in [2.45, 2.75) is 69.7 Å². The third-order valence-corrected chi connectivity index (χ3v) is 8.66. The Kier molecular flexibility index (Phi) is 10.8. The second kappa shape index (κ2) is 13.8. The van der Waals surface area contributed by atoms with Crippen LogP contribution in [0, 0.1) is 11.8 Å². The van der Waals surface area contributed by atoms with Crippen molar-refractivity contribution in [2.24, 2.45) is 28.3 Å². The number of rotatable bonds is 12. The third-order valence-electron chi connectivity index (χ3n) is 7.14. The maximum atomic E-state index is 13.5. The van der Waals surface area contributed by atoms with Crippen LogP contribution in [0.4, 0.5) is 5.69 Å². The monoisotopic (exact) mass is 550 g/mol. The van der Waals surface area contributed by atoms with Crippen LogP contribution in [0.25, 0.3) is 0 Å². The lowest BCUT2D eigenvalue weighted by Gasteiger charge is -2.34. The maximum Gasteiger partial charge on any atom is 0.305 e. The van der Waals surface area contributed by atoms with E-state index in [1.54, 1.807) is 24.0 Å². The molecule has 2 heterocycles. The van der Waals surface area contributed by atoms with Crippen molar-refractivity contribution < 1.29 is 22.7 Å². The van der Waals surface area contributed by atoms with Gasteiger partial charge in [0.15, 0.2) is 5.96 Å². The van der Waals surface area contributed by atoms with Gasteiger partial charge in [-0.15, -0.1) is 0 Å². The van der Waals surface area contributed by atoms with Crippen LogP contribution in [0.15, 0.2) is 28.1 Å². The highest BCUT2D eigenvalue weighted by atomic mass is 32.2. The van der Waals surface area contributed by atoms with Crippen molar-refractivity contribution in [3.63, 3.8) is 0 Å². The molecule has 12 heteroatoms. The van der Waals surface area contributed by atoms with E-state index in [0.29, 0.717) is 63.2 Å². The topological polar surface area (TPSA) is 169 Å². The minimum Gasteiger partial charge on any atom is -0.466 e. The molecule has 1 fully saturated rings. The number of hydrogen-bond acceptors (Lipinski definition) is 7. The quantitative estimate of drug-likeness (QED) is 0.132. The normalized spacial score (nSPS) is 18.7. The minimum absolute atomic E-state index is 0.0450. The lowest BCUT2D eigenvalue weighted by atomic mass is 9.93. The molecule has 38 heavy (non-hydrogen) atoms. The van der Waals surface area contributed by atoms with Gasteiger partial charge in [-0.1, -0.05) is 26.0 Å². The van der Waals surface area contributed by atoms with Gasteiger partial charge < -0.3 is 26.4 Å². The van der Waals surface area contributed by atoms with Crippen molar-refractivity contribution in [3.05, 3.63) is 23.8 Å². The number of para-hydroxylation sites is 1. The number of guanidine groups is 1. The Hall–Kier alpha value is -2.86. The van der Waals surface area contributed by atoms with E-state index in [1.165, 1.54) is 0 Å². The van der Waals surface area contributed by atoms with E-state index >= 15 is 0 Å². The van der Waals surface area contributed by atoms with Gasteiger partial charge in [0, 0.05) is 32.6 Å². The molecule has 1 unspecified atom stereocenters. The summed E-state index contributed by atoms with van der Waals surface area (Å²) in [5.41, 5.74) is 12.4. The Morgan fingerprint density at radius 1 is 1.26 bits per heavy atom. The molecule has 2 aliphatic heterocycles. The van der Waals surface area contributed by atoms with Gasteiger partial charge in [-0.05, 0) is 62.0 Å². The molecule has 0 aliphatic carbocycles. The molecule has 0 bridgehead atoms. The van der Waals surface area contributed by atoms with Crippen molar-refractivity contribution in [2.75, 3.05) is 38.1 Å². The summed E-state index contributed by atoms with van der Waals surface area (Å²) < 4.78 is 35.0. The van der Waals surface area contributed by atoms with E-state index in [4.69, 9.17) is 16.2 Å². The molecule has 2 atom stereocenters. The second-order valence-electron chi connectivity index (χ2n) is 10.2. The summed E-state index contributed by atoms with van der Waals surface area (Å²) in [5, 5.41) is 3.26. The average molecular weight is 551 g/mol. The Morgan fingerprint density at radius 2 is 2.00 bits per heavy atom. The standard InChI is InChI=1S/C26H42N6O5S/c1-3-23(33)37-15-11-19-9-13-32(14-10-19)25(34)21(7-5-12-29-26(27)28)31-38(35,36)22-8-4-6-20-16-18(2)17-30-24(20)22/h4,6,8,18-19,21,30-31H,3,5,7,9-17H2,1-2H3,(H4,27,28,29)/t18-,21?/m0/s1. The molecular weight excluding hydrogens is 508 g/mol. The molecule has 11 nitrogen and oxygen atoms in total. The van der Waals surface area contributed by atoms with Crippen LogP contribution in [0.2, 0.25) is 0 Å². The first-order chi connectivity index (χ1) is 18.1. The van der Waals surface area contributed by atoms with Gasteiger partial charge in [-0.2, -0.15) is 4.72 Å². The first-order valence-electron chi connectivity index (χ1n) is 13.5. The number of nitrogens with one attached hydrogen (secondary N) is 2. The number of carbonyl (C=O) groups excluding carboxylic acids is 2. The number of aliphatic imine (C=N–C) groups is 1. The van der Waals surface area contributed by atoms with Crippen LogP contribution in [-0.2, 0) is 30.8 Å². The van der Waals surface area contributed by atoms with Gasteiger partial charge in [0.2, 0.25) is 15.9 Å². The lowest BCUT2D eigenvalue weighted by molar-refractivity contribution is -0.143. The van der Waals surface area contributed by atoms with E-state index < -0.39 is 16.1 Å². The smallest absolute Gasteiger partial charge is 0.305 e. The Morgan fingerprint density at radius 3 is 2.68 bits per heavy atom. The van der Waals surface area contributed by atoms with E-state index in [1.807, 2.05) is 6.07 Å². The van der Waals surface area contributed by atoms with Crippen LogP contribution >= 0.6 is 0 Å². The molecular formula is C26H42N6O5S. The lowest BCUT2D eigenvalue weighted by Crippen LogP contribution is -2.50. The molecule has 3 rings (SSSR count). The number of benzene rings is 1. The van der Waals surface area contributed by atoms with Crippen molar-refractivity contribution >= 4 is 33.5 Å². The number of fused-ring (bicyclic) bond motifs is 1. The Balaban J connectivity index is 1.69. The third kappa shape index (κ3) is 8.32. The van der Waals surface area contributed by atoms with E-state index in [0.717, 1.165) is 31.2 Å². The fourth-order valence-electron chi connectivity index (χ4n) is 4.99. The number of hydrogen-bond donors (Lipinski definition) is 4. The van der Waals surface area contributed by atoms with Crippen LogP contribution in [0.1, 0.15) is 57.9 Å². The predicted octanol–water partition coefficient (Wildman–Crippen LogP) is 1.57. The van der Waals surface area contributed by atoms with Crippen molar-refractivity contribution in [1.29, 1.82) is 0 Å². The number of likely N-dealkylation sites (tertiary alicyclic amines) is 1. The number of nitrogens with zero attached hydrogens (tertiary/aromatic N) is 2. The maximum absolute atomic E-state index is 13.5. The SMILES string of the molecule is CCC(=O)OCCC1CCN(C(=O)C(CCCN=C(N)N)NS(=O)(=O)c2cccc3c2NC[C@@H](C)C3)CC1. The van der Waals surface area contributed by atoms with Crippen molar-refractivity contribution in [3.8, 4) is 0 Å². The molecule has 2 aliphatic rings. The second-order valence-corrected chi connectivity index (χ2v) is 11.9. The zero-order chi connectivity index (χ0) is 27.7. The summed E-state index contributed by atoms with van der Waals surface area (Å²) in [6, 6.07) is 4.31. The number of ether oxygens (including phenoxy) is 1. The summed E-state index contributed by atoms with van der Waals surface area (Å²) in [7, 11) is -3.98. The van der Waals surface area contributed by atoms with Gasteiger partial charge in [0.1, 0.15) is 10.9 Å². The molecule has 0 saturated carbocycles. The van der Waals surface area contributed by atoms with Gasteiger partial charge in [-0.3, -0.25) is 14.6 Å². The van der Waals surface area contributed by atoms with E-state index in [9.17, 15) is 18.0 Å². The Bertz CT molecular complexity index is 1100. The molecule has 6 N–H and O–H groups in total. The van der Waals surface area contributed by atoms with E-state index in [-0.39, 0.29) is 29.2 Å². The zero-order valence-corrected chi connectivity index (χ0v) is 23.3. The molecule has 1 saturated heterocycles. The van der Waals surface area contributed by atoms with E-state index in [2.05, 4.69) is 22.0 Å². The highest BCUT2D eigenvalue weighted by Gasteiger charge is 2.33. The van der Waals surface area contributed by atoms with Gasteiger partial charge >= 0.3 is 5.97 Å². The first kappa shape index (κ1) is 29.7. The number of esters is 1. The molecule has 0 aromatic heterocycles. The molecule has 212 valence electrons. The zero-order valence-electron chi connectivity index (χ0n) is 22.4. The Labute approximate surface area is 225 Å². The fraction of sp³-hybridized carbons (Fsp3) is 0.654. The van der Waals surface area contributed by atoms with Crippen LogP contribution < -0.4 is 21.5 Å². The van der Waals surface area contributed by atoms with Crippen LogP contribution in [0.3, 0.4) is 0 Å². The number of piperidine rings is 1. The molecule has 1 aromatic carbocycles. The minimum atomic E-state index is -3.98. The first-order valence-corrected chi connectivity index (χ1v) is 15.0. The molecule has 0 radical (unpaired) electrons. The number of amides is 1. The van der Waals surface area contributed by atoms with Crippen molar-refractivity contribution in [1.82, 2.24) is 9.62 Å². The van der Waals surface area contributed by atoms with Gasteiger partial charge in [-0.25, -0.2) is 8.42 Å². The summed E-state index contributed by atoms with van der Waals surface area (Å²) in [6.07, 6.45) is 4.16. The van der Waals surface area contributed by atoms with Crippen LogP contribution in [0.5, 0.6) is 0 Å². The summed E-state index contributed by atoms with van der Waals surface area (Å²) in [4.78, 5) is 30.8. The fourth-order valence-corrected chi connectivity index (χ4v) is 6.44. The number of anilines is 1. The highest BCUT2D eigenvalue weighted by molar-refractivity contribution is 7.89. The number of nitrogens with two attached hydrogens (primary N) is 2. The predicted molar refractivity (Wildman–Crippen MR) is 147 cm³/mol. The summed E-state index contributed by atoms with van der Waals surface area (Å²) in [6.45, 7) is 6.29. The number of carbonyl (C=O) groups is 2. The molecule has 0 spiro atoms. The highest BCUT2D eigenvalue weighted by Crippen LogP contribution is 2.31. The molecule has 1 aromatic rings. The van der Waals surface area contributed by atoms with Crippen LogP contribution in [-0.4, -0.2) is 70.0 Å².